The molecule has 12 heteroatoms. The topological polar surface area (TPSA) is 118 Å². The van der Waals surface area contributed by atoms with Crippen LogP contribution in [-0.4, -0.2) is 69.0 Å². The molecule has 0 saturated heterocycles. The summed E-state index contributed by atoms with van der Waals surface area (Å²) in [5.74, 6) is 2.11. The number of benzene rings is 2. The van der Waals surface area contributed by atoms with E-state index in [1.165, 1.54) is 18.9 Å². The molecule has 42 heavy (non-hydrogen) atoms. The maximum atomic E-state index is 12.1. The smallest absolute Gasteiger partial charge is 0.434 e. The van der Waals surface area contributed by atoms with Crippen LogP contribution in [0.3, 0.4) is 0 Å². The summed E-state index contributed by atoms with van der Waals surface area (Å²) in [6, 6.07) is 12.9. The third-order valence-electron chi connectivity index (χ3n) is 6.91. The average Bonchev–Trinajstić information content (AvgIpc) is 3.40. The van der Waals surface area contributed by atoms with E-state index in [2.05, 4.69) is 49.0 Å². The van der Waals surface area contributed by atoms with Crippen molar-refractivity contribution in [2.75, 3.05) is 33.7 Å². The molecule has 2 aromatic carbocycles. The summed E-state index contributed by atoms with van der Waals surface area (Å²) in [6.07, 6.45) is 1.85. The third-order valence-corrected chi connectivity index (χ3v) is 12.1. The fourth-order valence-corrected chi connectivity index (χ4v) is 5.12. The molecule has 226 valence electrons. The molecule has 0 spiro atoms. The van der Waals surface area contributed by atoms with Gasteiger partial charge in [-0.1, -0.05) is 25.9 Å². The zero-order chi connectivity index (χ0) is 30.9. The summed E-state index contributed by atoms with van der Waals surface area (Å²) in [5, 5.41) is 4.51. The van der Waals surface area contributed by atoms with Crippen LogP contribution in [0.15, 0.2) is 57.0 Å². The van der Waals surface area contributed by atoms with Crippen LogP contribution in [-0.2, 0) is 9.16 Å². The van der Waals surface area contributed by atoms with Crippen LogP contribution in [0, 0.1) is 6.92 Å². The number of amides is 1. The number of aliphatic imine (C=N–C) groups is 2. The molecule has 3 rings (SSSR count). The Balaban J connectivity index is 1.86. The Labute approximate surface area is 253 Å². The van der Waals surface area contributed by atoms with E-state index in [4.69, 9.17) is 28.2 Å². The van der Waals surface area contributed by atoms with E-state index in [0.29, 0.717) is 58.4 Å². The molecule has 1 amide bonds. The minimum atomic E-state index is -1.80. The van der Waals surface area contributed by atoms with Gasteiger partial charge in [0.25, 0.3) is 0 Å². The van der Waals surface area contributed by atoms with Crippen molar-refractivity contribution in [3.05, 3.63) is 53.9 Å². The lowest BCUT2D eigenvalue weighted by Gasteiger charge is -2.36. The maximum Gasteiger partial charge on any atom is 0.434 e. The third kappa shape index (κ3) is 8.76. The number of aromatic nitrogens is 2. The van der Waals surface area contributed by atoms with Crippen molar-refractivity contribution >= 4 is 42.6 Å². The van der Waals surface area contributed by atoms with Gasteiger partial charge in [0, 0.05) is 31.1 Å². The van der Waals surface area contributed by atoms with Gasteiger partial charge < -0.3 is 23.2 Å². The van der Waals surface area contributed by atoms with Crippen molar-refractivity contribution in [3.63, 3.8) is 0 Å². The highest BCUT2D eigenvalue weighted by Gasteiger charge is 2.36. The van der Waals surface area contributed by atoms with Gasteiger partial charge >= 0.3 is 6.09 Å². The van der Waals surface area contributed by atoms with Gasteiger partial charge in [0.05, 0.1) is 26.5 Å². The van der Waals surface area contributed by atoms with E-state index in [9.17, 15) is 4.79 Å². The van der Waals surface area contributed by atoms with Gasteiger partial charge in [-0.25, -0.2) is 9.79 Å². The lowest BCUT2D eigenvalue weighted by Crippen LogP contribution is -2.41. The van der Waals surface area contributed by atoms with E-state index >= 15 is 0 Å². The molecule has 3 aromatic rings. The summed E-state index contributed by atoms with van der Waals surface area (Å²) in [6.45, 7) is 14.0. The molecular formula is C30H40N4O6SSi. The Hall–Kier alpha value is -3.48. The van der Waals surface area contributed by atoms with Crippen LogP contribution < -0.4 is 9.47 Å². The summed E-state index contributed by atoms with van der Waals surface area (Å²) in [5.41, 5.74) is 2.60. The number of hydrogen-bond acceptors (Lipinski definition) is 10. The molecule has 10 nitrogen and oxygen atoms in total. The summed E-state index contributed by atoms with van der Waals surface area (Å²) < 4.78 is 27.8. The SMILES string of the molecule is COC(=O)/N=C(SC)/C(=N\c1ccc(-c2noc(C)n2)cc1)c1ccc(OCCCO[Si](C)(C)C(C)(C)C)c(OC)c1. The molecule has 1 aromatic heterocycles. The van der Waals surface area contributed by atoms with E-state index in [1.807, 2.05) is 48.7 Å². The second kappa shape index (κ2) is 14.6. The summed E-state index contributed by atoms with van der Waals surface area (Å²) in [4.78, 5) is 25.3. The van der Waals surface area contributed by atoms with Crippen molar-refractivity contribution < 1.29 is 28.0 Å². The fourth-order valence-electron chi connectivity index (χ4n) is 3.51. The number of thioether (sulfide) groups is 1. The quantitative estimate of drug-likeness (QED) is 0.0939. The molecule has 0 atom stereocenters. The highest BCUT2D eigenvalue weighted by Crippen LogP contribution is 2.36. The second-order valence-electron chi connectivity index (χ2n) is 10.9. The molecule has 0 radical (unpaired) electrons. The van der Waals surface area contributed by atoms with Crippen LogP contribution in [0.25, 0.3) is 11.4 Å². The van der Waals surface area contributed by atoms with Crippen LogP contribution in [0.1, 0.15) is 38.6 Å². The number of carbonyl (C=O) groups excluding carboxylic acids is 1. The highest BCUT2D eigenvalue weighted by atomic mass is 32.2. The minimum Gasteiger partial charge on any atom is -0.493 e. The molecule has 0 aliphatic rings. The van der Waals surface area contributed by atoms with E-state index in [-0.39, 0.29) is 5.04 Å². The van der Waals surface area contributed by atoms with Gasteiger partial charge in [-0.3, -0.25) is 0 Å². The van der Waals surface area contributed by atoms with Gasteiger partial charge in [-0.15, -0.1) is 11.8 Å². The van der Waals surface area contributed by atoms with E-state index in [0.717, 1.165) is 12.0 Å². The standard InChI is InChI=1S/C30H40N4O6SSi/c1-20-31-27(34-40-20)21-11-14-23(15-12-21)32-26(28(41-7)33-29(35)37-6)22-13-16-24(25(19-22)36-5)38-17-10-18-39-42(8,9)30(2,3)4/h11-16,19H,10,17-18H2,1-9H3/b32-26-,33-28-. The van der Waals surface area contributed by atoms with Gasteiger partial charge in [0.15, 0.2) is 19.8 Å². The number of nitrogens with zero attached hydrogens (tertiary/aromatic N) is 4. The second-order valence-corrected chi connectivity index (χ2v) is 16.5. The zero-order valence-electron chi connectivity index (χ0n) is 25.8. The highest BCUT2D eigenvalue weighted by molar-refractivity contribution is 8.15. The summed E-state index contributed by atoms with van der Waals surface area (Å²) >= 11 is 1.28. The van der Waals surface area contributed by atoms with Gasteiger partial charge in [0.1, 0.15) is 10.8 Å². The first kappa shape index (κ1) is 33.0. The molecule has 0 aliphatic heterocycles. The number of carbonyl (C=O) groups is 1. The zero-order valence-corrected chi connectivity index (χ0v) is 27.6. The monoisotopic (exact) mass is 612 g/mol. The van der Waals surface area contributed by atoms with Crippen molar-refractivity contribution in [1.82, 2.24) is 10.1 Å². The van der Waals surface area contributed by atoms with Crippen LogP contribution in [0.2, 0.25) is 18.1 Å². The number of methoxy groups -OCH3 is 2. The number of hydrogen-bond donors (Lipinski definition) is 0. The predicted octanol–water partition coefficient (Wildman–Crippen LogP) is 7.49. The Morgan fingerprint density at radius 2 is 1.76 bits per heavy atom. The van der Waals surface area contributed by atoms with Crippen molar-refractivity contribution in [2.24, 2.45) is 9.98 Å². The number of aryl methyl sites for hydroxylation is 1. The molecule has 0 fully saturated rings. The lowest BCUT2D eigenvalue weighted by atomic mass is 10.1. The molecule has 0 N–H and O–H groups in total. The van der Waals surface area contributed by atoms with Gasteiger partial charge in [0.2, 0.25) is 11.7 Å². The first-order chi connectivity index (χ1) is 19.9. The Bertz CT molecular complexity index is 1410. The fraction of sp³-hybridized carbons (Fsp3) is 0.433. The molecular weight excluding hydrogens is 573 g/mol. The van der Waals surface area contributed by atoms with Crippen molar-refractivity contribution in [1.29, 1.82) is 0 Å². The largest absolute Gasteiger partial charge is 0.493 e. The first-order valence-electron chi connectivity index (χ1n) is 13.5. The van der Waals surface area contributed by atoms with Crippen molar-refractivity contribution in [3.8, 4) is 22.9 Å². The molecule has 0 unspecified atom stereocenters. The molecule has 0 aliphatic carbocycles. The lowest BCUT2D eigenvalue weighted by molar-refractivity contribution is 0.183. The van der Waals surface area contributed by atoms with Gasteiger partial charge in [-0.05, 0) is 66.9 Å². The van der Waals surface area contributed by atoms with Gasteiger partial charge in [-0.2, -0.15) is 9.98 Å². The van der Waals surface area contributed by atoms with E-state index < -0.39 is 14.4 Å². The average molecular weight is 613 g/mol. The normalized spacial score (nSPS) is 12.8. The Morgan fingerprint density at radius 1 is 1.05 bits per heavy atom. The Morgan fingerprint density at radius 3 is 2.33 bits per heavy atom. The van der Waals surface area contributed by atoms with Crippen LogP contribution in [0.5, 0.6) is 11.5 Å². The minimum absolute atomic E-state index is 0.161. The van der Waals surface area contributed by atoms with Crippen LogP contribution >= 0.6 is 11.8 Å². The van der Waals surface area contributed by atoms with Crippen molar-refractivity contribution in [2.45, 2.75) is 52.2 Å². The maximum absolute atomic E-state index is 12.1. The molecule has 1 heterocycles. The van der Waals surface area contributed by atoms with Crippen LogP contribution in [0.4, 0.5) is 10.5 Å². The summed E-state index contributed by atoms with van der Waals surface area (Å²) in [7, 11) is 1.06. The first-order valence-corrected chi connectivity index (χ1v) is 17.7. The number of rotatable bonds is 11. The molecule has 0 bridgehead atoms. The van der Waals surface area contributed by atoms with E-state index in [1.54, 1.807) is 14.0 Å². The molecule has 0 saturated carbocycles. The Kier molecular flexibility index (Phi) is 11.5. The number of ether oxygens (including phenoxy) is 3. The predicted molar refractivity (Wildman–Crippen MR) is 170 cm³/mol.